The molecule has 0 spiro atoms. The van der Waals surface area contributed by atoms with Gasteiger partial charge >= 0.3 is 5.97 Å². The van der Waals surface area contributed by atoms with Gasteiger partial charge in [-0.3, -0.25) is 9.69 Å². The number of esters is 1. The minimum absolute atomic E-state index is 0.116. The molecule has 1 unspecified atom stereocenters. The van der Waals surface area contributed by atoms with Crippen LogP contribution in [0.4, 0.5) is 8.78 Å². The van der Waals surface area contributed by atoms with E-state index in [1.165, 1.54) is 0 Å². The molecule has 11 heteroatoms. The number of ether oxygens (including phenoxy) is 2. The molecule has 1 aliphatic heterocycles. The number of unbranched alkanes of at least 4 members (excludes halogenated alkanes) is 1. The maximum absolute atomic E-state index is 13.6. The van der Waals surface area contributed by atoms with Crippen LogP contribution >= 0.6 is 0 Å². The predicted octanol–water partition coefficient (Wildman–Crippen LogP) is 7.99. The minimum Gasteiger partial charge on any atom is -0.487 e. The number of hydrogen-bond acceptors (Lipinski definition) is 8. The van der Waals surface area contributed by atoms with Crippen molar-refractivity contribution in [3.05, 3.63) is 64.8 Å². The first-order chi connectivity index (χ1) is 22.2. The van der Waals surface area contributed by atoms with E-state index in [-0.39, 0.29) is 18.5 Å². The van der Waals surface area contributed by atoms with Gasteiger partial charge in [0.1, 0.15) is 12.4 Å². The second-order valence-electron chi connectivity index (χ2n) is 10.8. The van der Waals surface area contributed by atoms with E-state index in [0.29, 0.717) is 25.2 Å². The van der Waals surface area contributed by atoms with Crippen molar-refractivity contribution in [2.75, 3.05) is 59.1 Å². The van der Waals surface area contributed by atoms with Crippen LogP contribution in [0.3, 0.4) is 0 Å². The van der Waals surface area contributed by atoms with Crippen molar-refractivity contribution in [3.63, 3.8) is 0 Å². The van der Waals surface area contributed by atoms with Gasteiger partial charge in [-0.05, 0) is 62.7 Å². The molecule has 1 heterocycles. The predicted molar refractivity (Wildman–Crippen MR) is 181 cm³/mol. The first kappa shape index (κ1) is 43.0. The molecule has 1 saturated heterocycles. The highest BCUT2D eigenvalue weighted by Gasteiger charge is 2.26. The Morgan fingerprint density at radius 3 is 2.24 bits per heavy atom. The highest BCUT2D eigenvalue weighted by atomic mass is 19.3. The van der Waals surface area contributed by atoms with E-state index in [0.717, 1.165) is 83.9 Å². The monoisotopic (exact) mass is 655 g/mol. The number of carbonyl (C=O) groups excluding carboxylic acids is 1. The van der Waals surface area contributed by atoms with Crippen LogP contribution in [-0.2, 0) is 14.4 Å². The number of allylic oxidation sites excluding steroid dienone is 3. The molecule has 1 aromatic rings. The standard InChI is InChI=1S/C17H31N3O5.C16H22F2O.C2H6/c1-2-3-4-5-6-8-17(21)24-16-14-19-12-10-18(11-13-19)9-7-15-25-20(22)23;1-3-8-14(4-2)11-12-16(17,18)13-19-15-9-6-5-7-10-15;1-2/h3-4H,2,5-16H2,1H3;5-7,9-12,14H,3-4,8,13H2,1-2H3;1-2H3/b4-3-;12-11+;. The van der Waals surface area contributed by atoms with Gasteiger partial charge in [-0.15, -0.1) is 10.1 Å². The van der Waals surface area contributed by atoms with Gasteiger partial charge in [0.25, 0.3) is 11.0 Å². The second kappa shape index (κ2) is 28.2. The summed E-state index contributed by atoms with van der Waals surface area (Å²) >= 11 is 0. The average molecular weight is 656 g/mol. The molecule has 1 atom stereocenters. The van der Waals surface area contributed by atoms with Gasteiger partial charge < -0.3 is 19.2 Å². The smallest absolute Gasteiger partial charge is 0.305 e. The van der Waals surface area contributed by atoms with Gasteiger partial charge in [0.15, 0.2) is 6.61 Å². The summed E-state index contributed by atoms with van der Waals surface area (Å²) in [6.45, 7) is 15.4. The van der Waals surface area contributed by atoms with E-state index in [4.69, 9.17) is 9.47 Å². The van der Waals surface area contributed by atoms with Crippen molar-refractivity contribution >= 4 is 5.97 Å². The minimum atomic E-state index is -2.92. The molecule has 46 heavy (non-hydrogen) atoms. The fourth-order valence-corrected chi connectivity index (χ4v) is 4.50. The Morgan fingerprint density at radius 2 is 1.65 bits per heavy atom. The summed E-state index contributed by atoms with van der Waals surface area (Å²) in [4.78, 5) is 30.6. The molecule has 2 rings (SSSR count). The highest BCUT2D eigenvalue weighted by molar-refractivity contribution is 5.69. The lowest BCUT2D eigenvalue weighted by Gasteiger charge is -2.34. The van der Waals surface area contributed by atoms with Crippen molar-refractivity contribution in [1.29, 1.82) is 0 Å². The lowest BCUT2D eigenvalue weighted by atomic mass is 10.00. The third kappa shape index (κ3) is 24.2. The van der Waals surface area contributed by atoms with Gasteiger partial charge in [0, 0.05) is 45.7 Å². The normalized spacial score (nSPS) is 14.6. The van der Waals surface area contributed by atoms with Gasteiger partial charge in [-0.1, -0.05) is 77.5 Å². The van der Waals surface area contributed by atoms with E-state index >= 15 is 0 Å². The fourth-order valence-electron chi connectivity index (χ4n) is 4.50. The van der Waals surface area contributed by atoms with E-state index in [1.807, 2.05) is 26.8 Å². The van der Waals surface area contributed by atoms with Gasteiger partial charge in [-0.25, -0.2) is 0 Å². The second-order valence-corrected chi connectivity index (χ2v) is 10.8. The van der Waals surface area contributed by atoms with Gasteiger partial charge in [-0.2, -0.15) is 8.78 Å². The highest BCUT2D eigenvalue weighted by Crippen LogP contribution is 2.21. The largest absolute Gasteiger partial charge is 0.487 e. The quantitative estimate of drug-likeness (QED) is 0.0433. The molecule has 1 aromatic carbocycles. The molecule has 0 aliphatic carbocycles. The third-order valence-electron chi connectivity index (χ3n) is 7.08. The Morgan fingerprint density at radius 1 is 1.00 bits per heavy atom. The summed E-state index contributed by atoms with van der Waals surface area (Å²) in [6, 6.07) is 8.69. The number of hydrogen-bond donors (Lipinski definition) is 0. The molecule has 1 aliphatic rings. The van der Waals surface area contributed by atoms with E-state index < -0.39 is 17.6 Å². The van der Waals surface area contributed by atoms with E-state index in [2.05, 4.69) is 40.6 Å². The number of benzene rings is 1. The molecule has 0 N–H and O–H groups in total. The average Bonchev–Trinajstić information content (AvgIpc) is 3.06. The molecule has 264 valence electrons. The maximum atomic E-state index is 13.6. The Kier molecular flexibility index (Phi) is 26.3. The van der Waals surface area contributed by atoms with Crippen LogP contribution in [0.5, 0.6) is 5.75 Å². The first-order valence-electron chi connectivity index (χ1n) is 17.0. The number of halogens is 2. The zero-order chi connectivity index (χ0) is 34.5. The number of carbonyl (C=O) groups is 1. The fraction of sp³-hybridized carbons (Fsp3) is 0.686. The molecular formula is C35H59F2N3O6. The lowest BCUT2D eigenvalue weighted by molar-refractivity contribution is -0.757. The summed E-state index contributed by atoms with van der Waals surface area (Å²) in [5.41, 5.74) is 0. The molecule has 0 amide bonds. The molecule has 1 fully saturated rings. The van der Waals surface area contributed by atoms with Crippen LogP contribution in [0.2, 0.25) is 0 Å². The van der Waals surface area contributed by atoms with Crippen LogP contribution < -0.4 is 4.74 Å². The summed E-state index contributed by atoms with van der Waals surface area (Å²) in [6.07, 6.45) is 13.6. The third-order valence-corrected chi connectivity index (χ3v) is 7.08. The Balaban J connectivity index is 0.000000863. The van der Waals surface area contributed by atoms with Crippen molar-refractivity contribution in [2.45, 2.75) is 91.9 Å². The maximum Gasteiger partial charge on any atom is 0.305 e. The van der Waals surface area contributed by atoms with Gasteiger partial charge in [0.05, 0.1) is 6.61 Å². The number of rotatable bonds is 21. The van der Waals surface area contributed by atoms with Crippen LogP contribution in [0, 0.1) is 16.0 Å². The zero-order valence-corrected chi connectivity index (χ0v) is 28.8. The summed E-state index contributed by atoms with van der Waals surface area (Å²) in [5.74, 6) is -2.34. The summed E-state index contributed by atoms with van der Waals surface area (Å²) in [7, 11) is 0. The molecule has 0 aromatic heterocycles. The van der Waals surface area contributed by atoms with E-state index in [1.54, 1.807) is 30.3 Å². The Hall–Kier alpha value is -3.05. The first-order valence-corrected chi connectivity index (χ1v) is 17.0. The van der Waals surface area contributed by atoms with E-state index in [9.17, 15) is 23.7 Å². The van der Waals surface area contributed by atoms with Crippen LogP contribution in [0.1, 0.15) is 86.0 Å². The Bertz CT molecular complexity index is 942. The van der Waals surface area contributed by atoms with Gasteiger partial charge in [0.2, 0.25) is 0 Å². The SMILES string of the molecule is CC.CC/C=C\CCCC(=O)OCCN1CCN(CCCO[N+](=O)[O-])CC1.CCCC(/C=C/C(F)(F)COc1ccccc1)CC. The van der Waals surface area contributed by atoms with Crippen LogP contribution in [-0.4, -0.2) is 85.9 Å². The summed E-state index contributed by atoms with van der Waals surface area (Å²) < 4.78 is 37.6. The number of nitrogens with zero attached hydrogens (tertiary/aromatic N) is 3. The van der Waals surface area contributed by atoms with Crippen LogP contribution in [0.15, 0.2) is 54.6 Å². The van der Waals surface area contributed by atoms with Crippen LogP contribution in [0.25, 0.3) is 0 Å². The topological polar surface area (TPSA) is 94.4 Å². The van der Waals surface area contributed by atoms with Crippen molar-refractivity contribution in [1.82, 2.24) is 9.80 Å². The molecular weight excluding hydrogens is 596 g/mol. The number of para-hydroxylation sites is 1. The molecule has 0 radical (unpaired) electrons. The molecule has 0 bridgehead atoms. The van der Waals surface area contributed by atoms with Crippen molar-refractivity contribution < 1.29 is 33.0 Å². The molecule has 9 nitrogen and oxygen atoms in total. The zero-order valence-electron chi connectivity index (χ0n) is 28.8. The lowest BCUT2D eigenvalue weighted by Crippen LogP contribution is -2.47. The Labute approximate surface area is 276 Å². The molecule has 0 saturated carbocycles. The van der Waals surface area contributed by atoms with Crippen molar-refractivity contribution in [3.8, 4) is 5.75 Å². The summed E-state index contributed by atoms with van der Waals surface area (Å²) in [5, 5.41) is 9.32. The number of piperazine rings is 1. The van der Waals surface area contributed by atoms with Crippen molar-refractivity contribution in [2.24, 2.45) is 5.92 Å². The number of alkyl halides is 2.